The van der Waals surface area contributed by atoms with Crippen molar-refractivity contribution in [3.8, 4) is 0 Å². The molecule has 116 valence electrons. The fraction of sp³-hybridized carbons (Fsp3) is 0.938. The predicted octanol–water partition coefficient (Wildman–Crippen LogP) is 1.63. The van der Waals surface area contributed by atoms with Gasteiger partial charge in [0.15, 0.2) is 0 Å². The van der Waals surface area contributed by atoms with E-state index in [1.807, 2.05) is 25.7 Å². The number of piperidine rings is 1. The van der Waals surface area contributed by atoms with E-state index in [2.05, 4.69) is 5.32 Å². The summed E-state index contributed by atoms with van der Waals surface area (Å²) in [5.74, 6) is 1.52. The molecule has 0 radical (unpaired) electrons. The van der Waals surface area contributed by atoms with Crippen LogP contribution in [0.4, 0.5) is 0 Å². The molecule has 4 nitrogen and oxygen atoms in total. The zero-order valence-corrected chi connectivity index (χ0v) is 13.2. The predicted molar refractivity (Wildman–Crippen MR) is 80.4 cm³/mol. The molecule has 4 heteroatoms. The Labute approximate surface area is 122 Å². The number of hydrogen-bond donors (Lipinski definition) is 2. The van der Waals surface area contributed by atoms with Crippen molar-refractivity contribution in [2.45, 2.75) is 52.5 Å². The van der Waals surface area contributed by atoms with Gasteiger partial charge in [0.05, 0.1) is 0 Å². The molecule has 0 aromatic rings. The summed E-state index contributed by atoms with van der Waals surface area (Å²) in [6.07, 6.45) is 4.59. The topological polar surface area (TPSA) is 52.6 Å². The van der Waals surface area contributed by atoms with Crippen molar-refractivity contribution in [2.75, 3.05) is 26.2 Å². The van der Waals surface area contributed by atoms with Gasteiger partial charge < -0.3 is 15.3 Å². The molecule has 2 unspecified atom stereocenters. The van der Waals surface area contributed by atoms with E-state index in [0.29, 0.717) is 12.0 Å². The lowest BCUT2D eigenvalue weighted by Gasteiger charge is -2.40. The molecule has 2 aliphatic rings. The zero-order chi connectivity index (χ0) is 14.8. The molecule has 0 aromatic carbocycles. The van der Waals surface area contributed by atoms with Crippen LogP contribution in [0.3, 0.4) is 0 Å². The lowest BCUT2D eigenvalue weighted by molar-refractivity contribution is -0.142. The number of hydrogen-bond acceptors (Lipinski definition) is 3. The first-order chi connectivity index (χ1) is 9.40. The first kappa shape index (κ1) is 15.8. The highest BCUT2D eigenvalue weighted by atomic mass is 16.3. The number of nitrogens with one attached hydrogen (secondary N) is 1. The Morgan fingerprint density at radius 2 is 1.95 bits per heavy atom. The highest BCUT2D eigenvalue weighted by molar-refractivity contribution is 5.81. The summed E-state index contributed by atoms with van der Waals surface area (Å²) in [7, 11) is 0. The second-order valence-electron chi connectivity index (χ2n) is 7.62. The Hall–Kier alpha value is -0.610. The Bertz CT molecular complexity index is 334. The van der Waals surface area contributed by atoms with Crippen LogP contribution >= 0.6 is 0 Å². The molecule has 1 saturated heterocycles. The van der Waals surface area contributed by atoms with Gasteiger partial charge in [-0.05, 0) is 44.1 Å². The second kappa shape index (κ2) is 6.44. The Morgan fingerprint density at radius 1 is 1.25 bits per heavy atom. The number of rotatable bonds is 5. The quantitative estimate of drug-likeness (QED) is 0.806. The van der Waals surface area contributed by atoms with Gasteiger partial charge in [0.2, 0.25) is 5.91 Å². The summed E-state index contributed by atoms with van der Waals surface area (Å²) in [5, 5.41) is 12.8. The molecule has 1 aliphatic heterocycles. The van der Waals surface area contributed by atoms with Crippen molar-refractivity contribution in [1.29, 1.82) is 0 Å². The Morgan fingerprint density at radius 3 is 2.50 bits per heavy atom. The van der Waals surface area contributed by atoms with E-state index in [-0.39, 0.29) is 17.9 Å². The van der Waals surface area contributed by atoms with E-state index < -0.39 is 0 Å². The summed E-state index contributed by atoms with van der Waals surface area (Å²) >= 11 is 0. The number of aliphatic hydroxyl groups excluding tert-OH is 1. The van der Waals surface area contributed by atoms with Gasteiger partial charge in [-0.25, -0.2) is 0 Å². The van der Waals surface area contributed by atoms with E-state index in [1.165, 1.54) is 12.8 Å². The third-order valence-electron chi connectivity index (χ3n) is 4.40. The first-order valence-corrected chi connectivity index (χ1v) is 8.03. The highest BCUT2D eigenvalue weighted by Gasteiger charge is 2.35. The van der Waals surface area contributed by atoms with Gasteiger partial charge >= 0.3 is 0 Å². The third-order valence-corrected chi connectivity index (χ3v) is 4.40. The number of carbonyl (C=O) groups is 1. The highest BCUT2D eigenvalue weighted by Crippen LogP contribution is 2.29. The van der Waals surface area contributed by atoms with E-state index in [4.69, 9.17) is 0 Å². The summed E-state index contributed by atoms with van der Waals surface area (Å²) in [6.45, 7) is 8.89. The summed E-state index contributed by atoms with van der Waals surface area (Å²) in [5.41, 5.74) is -0.317. The molecule has 0 spiro atoms. The van der Waals surface area contributed by atoms with Gasteiger partial charge in [-0.3, -0.25) is 4.79 Å². The maximum Gasteiger partial charge on any atom is 0.228 e. The molecule has 1 amide bonds. The molecule has 2 rings (SSSR count). The number of aliphatic hydroxyl groups is 1. The van der Waals surface area contributed by atoms with Crippen LogP contribution < -0.4 is 5.32 Å². The van der Waals surface area contributed by atoms with E-state index >= 15 is 0 Å². The van der Waals surface area contributed by atoms with Gasteiger partial charge in [-0.15, -0.1) is 0 Å². The maximum absolute atomic E-state index is 12.5. The van der Waals surface area contributed by atoms with Gasteiger partial charge in [0, 0.05) is 31.2 Å². The van der Waals surface area contributed by atoms with Crippen LogP contribution in [0.1, 0.15) is 46.5 Å². The minimum atomic E-state index is -0.317. The zero-order valence-electron chi connectivity index (χ0n) is 13.2. The van der Waals surface area contributed by atoms with Crippen LogP contribution in [-0.4, -0.2) is 48.2 Å². The van der Waals surface area contributed by atoms with Crippen molar-refractivity contribution in [3.63, 3.8) is 0 Å². The maximum atomic E-state index is 12.5. The van der Waals surface area contributed by atoms with Gasteiger partial charge in [0.25, 0.3) is 0 Å². The molecule has 1 saturated carbocycles. The monoisotopic (exact) mass is 282 g/mol. The average molecular weight is 282 g/mol. The van der Waals surface area contributed by atoms with Crippen LogP contribution in [0.2, 0.25) is 0 Å². The van der Waals surface area contributed by atoms with Gasteiger partial charge in [-0.2, -0.15) is 0 Å². The Kier molecular flexibility index (Phi) is 5.08. The molecule has 20 heavy (non-hydrogen) atoms. The third kappa shape index (κ3) is 4.45. The summed E-state index contributed by atoms with van der Waals surface area (Å²) < 4.78 is 0. The van der Waals surface area contributed by atoms with Crippen LogP contribution in [-0.2, 0) is 4.79 Å². The van der Waals surface area contributed by atoms with Crippen LogP contribution in [0.25, 0.3) is 0 Å². The molecule has 2 fully saturated rings. The number of carbonyl (C=O) groups excluding carboxylic acids is 1. The number of amides is 1. The lowest BCUT2D eigenvalue weighted by atomic mass is 9.88. The van der Waals surface area contributed by atoms with Crippen molar-refractivity contribution in [1.82, 2.24) is 10.2 Å². The summed E-state index contributed by atoms with van der Waals surface area (Å²) in [6, 6.07) is 0.396. The fourth-order valence-corrected chi connectivity index (χ4v) is 3.04. The van der Waals surface area contributed by atoms with Crippen molar-refractivity contribution >= 4 is 5.91 Å². The van der Waals surface area contributed by atoms with Crippen LogP contribution in [0, 0.1) is 17.3 Å². The molecular formula is C16H30N2O2. The molecule has 1 aliphatic carbocycles. The standard InChI is InChI=1S/C16H30N2O2/c1-16(2,3)15(20)18-10-13(6-7-19)8-14(11-18)17-9-12-4-5-12/h12-14,17,19H,4-11H2,1-3H3. The molecule has 2 atom stereocenters. The SMILES string of the molecule is CC(C)(C)C(=O)N1CC(CCO)CC(NCC2CC2)C1. The smallest absolute Gasteiger partial charge is 0.228 e. The van der Waals surface area contributed by atoms with Crippen molar-refractivity contribution < 1.29 is 9.90 Å². The number of likely N-dealkylation sites (tertiary alicyclic amines) is 1. The fourth-order valence-electron chi connectivity index (χ4n) is 3.04. The number of nitrogens with zero attached hydrogens (tertiary/aromatic N) is 1. The summed E-state index contributed by atoms with van der Waals surface area (Å²) in [4.78, 5) is 14.5. The Balaban J connectivity index is 1.93. The van der Waals surface area contributed by atoms with Crippen LogP contribution in [0.5, 0.6) is 0 Å². The van der Waals surface area contributed by atoms with E-state index in [9.17, 15) is 9.90 Å². The van der Waals surface area contributed by atoms with E-state index in [0.717, 1.165) is 38.4 Å². The van der Waals surface area contributed by atoms with Gasteiger partial charge in [0.1, 0.15) is 0 Å². The molecule has 0 bridgehead atoms. The second-order valence-corrected chi connectivity index (χ2v) is 7.62. The van der Waals surface area contributed by atoms with Crippen molar-refractivity contribution in [3.05, 3.63) is 0 Å². The van der Waals surface area contributed by atoms with Crippen LogP contribution in [0.15, 0.2) is 0 Å². The lowest BCUT2D eigenvalue weighted by Crippen LogP contribution is -2.54. The molecule has 1 heterocycles. The molecule has 2 N–H and O–H groups in total. The minimum Gasteiger partial charge on any atom is -0.396 e. The molecular weight excluding hydrogens is 252 g/mol. The van der Waals surface area contributed by atoms with E-state index in [1.54, 1.807) is 0 Å². The largest absolute Gasteiger partial charge is 0.396 e. The normalized spacial score (nSPS) is 27.7. The first-order valence-electron chi connectivity index (χ1n) is 8.03. The molecule has 0 aromatic heterocycles. The van der Waals surface area contributed by atoms with Crippen molar-refractivity contribution in [2.24, 2.45) is 17.3 Å². The van der Waals surface area contributed by atoms with Gasteiger partial charge in [-0.1, -0.05) is 20.8 Å². The minimum absolute atomic E-state index is 0.220. The average Bonchev–Trinajstić information content (AvgIpc) is 3.18.